The maximum atomic E-state index is 12.9. The molecule has 0 radical (unpaired) electrons. The van der Waals surface area contributed by atoms with Gasteiger partial charge in [-0.15, -0.1) is 0 Å². The molecule has 1 atom stereocenters. The maximum absolute atomic E-state index is 12.9. The van der Waals surface area contributed by atoms with Crippen LogP contribution >= 0.6 is 0 Å². The van der Waals surface area contributed by atoms with E-state index in [0.29, 0.717) is 35.0 Å². The number of carbonyl (C=O) groups is 1. The number of aryl methyl sites for hydroxylation is 1. The molecular weight excluding hydrogens is 396 g/mol. The number of hydrogen-bond acceptors (Lipinski definition) is 6. The van der Waals surface area contributed by atoms with Crippen molar-refractivity contribution in [1.82, 2.24) is 19.9 Å². The quantitative estimate of drug-likeness (QED) is 0.655. The molecule has 31 heavy (non-hydrogen) atoms. The van der Waals surface area contributed by atoms with Crippen molar-refractivity contribution in [2.75, 3.05) is 14.2 Å². The second kappa shape index (κ2) is 8.75. The number of rotatable bonds is 6. The average Bonchev–Trinajstić information content (AvgIpc) is 2.78. The van der Waals surface area contributed by atoms with E-state index in [9.17, 15) is 9.59 Å². The first kappa shape index (κ1) is 20.8. The Labute approximate surface area is 180 Å². The summed E-state index contributed by atoms with van der Waals surface area (Å²) in [5.74, 6) is 1.51. The fourth-order valence-corrected chi connectivity index (χ4v) is 3.94. The summed E-state index contributed by atoms with van der Waals surface area (Å²) < 4.78 is 11.8. The van der Waals surface area contributed by atoms with E-state index in [2.05, 4.69) is 22.2 Å². The normalized spacial score (nSPS) is 15.4. The third-order valence-corrected chi connectivity index (χ3v) is 5.68. The van der Waals surface area contributed by atoms with E-state index < -0.39 is 0 Å². The van der Waals surface area contributed by atoms with Crippen molar-refractivity contribution in [2.45, 2.75) is 39.3 Å². The van der Waals surface area contributed by atoms with Gasteiger partial charge in [0.05, 0.1) is 19.6 Å². The fourth-order valence-electron chi connectivity index (χ4n) is 3.94. The maximum Gasteiger partial charge on any atom is 0.263 e. The fraction of sp³-hybridized carbons (Fsp3) is 0.391. The van der Waals surface area contributed by atoms with Gasteiger partial charge in [0.25, 0.3) is 5.56 Å². The minimum absolute atomic E-state index is 0.109. The van der Waals surface area contributed by atoms with Gasteiger partial charge in [0.2, 0.25) is 5.91 Å². The van der Waals surface area contributed by atoms with E-state index in [4.69, 9.17) is 9.47 Å². The minimum atomic E-state index is -0.280. The number of nitrogens with zero attached hydrogens (tertiary/aromatic N) is 3. The Kier molecular flexibility index (Phi) is 5.88. The molecular formula is C23H26N4O4. The number of carbonyl (C=O) groups excluding carboxylic acids is 1. The van der Waals surface area contributed by atoms with Crippen LogP contribution in [0, 0.1) is 5.92 Å². The van der Waals surface area contributed by atoms with Gasteiger partial charge in [0.1, 0.15) is 12.9 Å². The number of pyridine rings is 1. The summed E-state index contributed by atoms with van der Waals surface area (Å²) in [5.41, 5.74) is 3.20. The van der Waals surface area contributed by atoms with Crippen molar-refractivity contribution in [2.24, 2.45) is 5.92 Å². The molecule has 0 bridgehead atoms. The molecule has 0 fully saturated rings. The molecule has 2 aromatic heterocycles. The summed E-state index contributed by atoms with van der Waals surface area (Å²) in [7, 11) is 3.13. The molecule has 1 N–H and O–H groups in total. The minimum Gasteiger partial charge on any atom is -0.493 e. The van der Waals surface area contributed by atoms with Crippen LogP contribution in [0.5, 0.6) is 11.5 Å². The largest absolute Gasteiger partial charge is 0.493 e. The zero-order valence-electron chi connectivity index (χ0n) is 18.0. The van der Waals surface area contributed by atoms with Crippen LogP contribution in [0.3, 0.4) is 0 Å². The first-order valence-electron chi connectivity index (χ1n) is 10.3. The van der Waals surface area contributed by atoms with Crippen LogP contribution in [0.1, 0.15) is 30.2 Å². The highest BCUT2D eigenvalue weighted by atomic mass is 16.5. The van der Waals surface area contributed by atoms with Crippen LogP contribution in [0.25, 0.3) is 11.0 Å². The van der Waals surface area contributed by atoms with E-state index in [1.54, 1.807) is 26.4 Å². The Morgan fingerprint density at radius 2 is 2.03 bits per heavy atom. The highest BCUT2D eigenvalue weighted by Gasteiger charge is 2.19. The lowest BCUT2D eigenvalue weighted by Crippen LogP contribution is -2.32. The lowest BCUT2D eigenvalue weighted by Gasteiger charge is -2.20. The molecule has 2 heterocycles. The summed E-state index contributed by atoms with van der Waals surface area (Å²) in [5, 5.41) is 3.29. The van der Waals surface area contributed by atoms with Crippen molar-refractivity contribution < 1.29 is 14.3 Å². The SMILES string of the molecule is COc1ccc(CNC(=O)Cn2cnc3nc4c(cc3c2=O)CC(C)CC4)cc1OC. The molecule has 1 aliphatic rings. The van der Waals surface area contributed by atoms with Crippen molar-refractivity contribution >= 4 is 16.9 Å². The molecule has 0 saturated heterocycles. The summed E-state index contributed by atoms with van der Waals surface area (Å²) in [6.45, 7) is 2.40. The van der Waals surface area contributed by atoms with Crippen LogP contribution in [-0.2, 0) is 30.7 Å². The number of benzene rings is 1. The summed E-state index contributed by atoms with van der Waals surface area (Å²) in [6, 6.07) is 7.34. The molecule has 1 unspecified atom stereocenters. The van der Waals surface area contributed by atoms with Gasteiger partial charge < -0.3 is 14.8 Å². The van der Waals surface area contributed by atoms with Gasteiger partial charge in [-0.2, -0.15) is 0 Å². The summed E-state index contributed by atoms with van der Waals surface area (Å²) >= 11 is 0. The van der Waals surface area contributed by atoms with Crippen molar-refractivity contribution in [3.05, 3.63) is 57.8 Å². The number of aromatic nitrogens is 3. The van der Waals surface area contributed by atoms with E-state index in [1.807, 2.05) is 12.1 Å². The number of fused-ring (bicyclic) bond motifs is 2. The van der Waals surface area contributed by atoms with Crippen molar-refractivity contribution in [1.29, 1.82) is 0 Å². The molecule has 8 heteroatoms. The van der Waals surface area contributed by atoms with E-state index >= 15 is 0 Å². The topological polar surface area (TPSA) is 95.3 Å². The summed E-state index contributed by atoms with van der Waals surface area (Å²) in [4.78, 5) is 34.3. The van der Waals surface area contributed by atoms with Gasteiger partial charge >= 0.3 is 0 Å². The second-order valence-corrected chi connectivity index (χ2v) is 7.96. The standard InChI is InChI=1S/C23H26N4O4/c1-14-4-6-18-16(8-14)10-17-22(26-18)25-13-27(23(17)29)12-21(28)24-11-15-5-7-19(30-2)20(9-15)31-3/h5,7,9-10,13-14H,4,6,8,11-12H2,1-3H3,(H,24,28). The number of methoxy groups -OCH3 is 2. The number of amides is 1. The predicted octanol–water partition coefficient (Wildman–Crippen LogP) is 2.25. The Morgan fingerprint density at radius 1 is 1.23 bits per heavy atom. The van der Waals surface area contributed by atoms with E-state index in [1.165, 1.54) is 10.9 Å². The number of nitrogens with one attached hydrogen (secondary N) is 1. The highest BCUT2D eigenvalue weighted by Crippen LogP contribution is 2.27. The van der Waals surface area contributed by atoms with Crippen molar-refractivity contribution in [3.8, 4) is 11.5 Å². The Hall–Kier alpha value is -3.42. The molecule has 0 saturated carbocycles. The van der Waals surface area contributed by atoms with Gasteiger partial charge in [-0.3, -0.25) is 14.2 Å². The van der Waals surface area contributed by atoms with Crippen LogP contribution < -0.4 is 20.3 Å². The molecule has 1 amide bonds. The van der Waals surface area contributed by atoms with Gasteiger partial charge in [0, 0.05) is 12.2 Å². The van der Waals surface area contributed by atoms with E-state index in [-0.39, 0.29) is 18.0 Å². The molecule has 162 valence electrons. The Bertz CT molecular complexity index is 1190. The van der Waals surface area contributed by atoms with Gasteiger partial charge in [-0.1, -0.05) is 13.0 Å². The third kappa shape index (κ3) is 4.38. The van der Waals surface area contributed by atoms with Gasteiger partial charge in [-0.25, -0.2) is 9.97 Å². The van der Waals surface area contributed by atoms with Gasteiger partial charge in [-0.05, 0) is 54.5 Å². The predicted molar refractivity (Wildman–Crippen MR) is 116 cm³/mol. The van der Waals surface area contributed by atoms with Crippen LogP contribution in [-0.4, -0.2) is 34.7 Å². The smallest absolute Gasteiger partial charge is 0.263 e. The lowest BCUT2D eigenvalue weighted by molar-refractivity contribution is -0.121. The number of hydrogen-bond donors (Lipinski definition) is 1. The first-order chi connectivity index (χ1) is 15.0. The monoisotopic (exact) mass is 422 g/mol. The molecule has 8 nitrogen and oxygen atoms in total. The van der Waals surface area contributed by atoms with Crippen molar-refractivity contribution in [3.63, 3.8) is 0 Å². The Balaban J connectivity index is 1.48. The van der Waals surface area contributed by atoms with Gasteiger partial charge in [0.15, 0.2) is 17.1 Å². The van der Waals surface area contributed by atoms with Crippen LogP contribution in [0.15, 0.2) is 35.4 Å². The lowest BCUT2D eigenvalue weighted by atomic mass is 9.87. The number of ether oxygens (including phenoxy) is 2. The second-order valence-electron chi connectivity index (χ2n) is 7.96. The highest BCUT2D eigenvalue weighted by molar-refractivity contribution is 5.77. The molecule has 0 aliphatic heterocycles. The zero-order valence-corrected chi connectivity index (χ0v) is 18.0. The Morgan fingerprint density at radius 3 is 2.81 bits per heavy atom. The zero-order chi connectivity index (χ0) is 22.0. The third-order valence-electron chi connectivity index (χ3n) is 5.68. The first-order valence-corrected chi connectivity index (χ1v) is 10.3. The molecule has 1 aliphatic carbocycles. The van der Waals surface area contributed by atoms with Crippen LogP contribution in [0.2, 0.25) is 0 Å². The average molecular weight is 422 g/mol. The molecule has 4 rings (SSSR count). The molecule has 3 aromatic rings. The van der Waals surface area contributed by atoms with Crippen LogP contribution in [0.4, 0.5) is 0 Å². The molecule has 1 aromatic carbocycles. The van der Waals surface area contributed by atoms with E-state index in [0.717, 1.165) is 36.1 Å². The summed E-state index contributed by atoms with van der Waals surface area (Å²) in [6.07, 6.45) is 4.32. The molecule has 0 spiro atoms.